The molecule has 0 radical (unpaired) electrons. The Morgan fingerprint density at radius 1 is 1.18 bits per heavy atom. The molecule has 0 saturated heterocycles. The molecule has 1 heterocycles. The van der Waals surface area contributed by atoms with Gasteiger partial charge in [0.15, 0.2) is 0 Å². The van der Waals surface area contributed by atoms with Gasteiger partial charge in [0.1, 0.15) is 0 Å². The molecule has 1 aliphatic heterocycles. The Bertz CT molecular complexity index is 702. The van der Waals surface area contributed by atoms with Crippen molar-refractivity contribution in [2.24, 2.45) is 5.92 Å². The number of benzene rings is 2. The number of nitrogens with one attached hydrogen (secondary N) is 2. The van der Waals surface area contributed by atoms with Gasteiger partial charge in [0.25, 0.3) is 0 Å². The van der Waals surface area contributed by atoms with Crippen LogP contribution in [-0.2, 0) is 0 Å². The van der Waals surface area contributed by atoms with E-state index in [4.69, 9.17) is 12.2 Å². The van der Waals surface area contributed by atoms with E-state index in [9.17, 15) is 4.79 Å². The third-order valence-corrected chi connectivity index (χ3v) is 4.13. The first-order chi connectivity index (χ1) is 10.6. The lowest BCUT2D eigenvalue weighted by Crippen LogP contribution is -2.38. The van der Waals surface area contributed by atoms with Gasteiger partial charge in [-0.15, -0.1) is 0 Å². The lowest BCUT2D eigenvalue weighted by molar-refractivity contribution is 0.256. The zero-order valence-electron chi connectivity index (χ0n) is 12.2. The summed E-state index contributed by atoms with van der Waals surface area (Å²) in [7, 11) is 0. The summed E-state index contributed by atoms with van der Waals surface area (Å²) in [6.07, 6.45) is 0. The van der Waals surface area contributed by atoms with E-state index >= 15 is 0 Å². The van der Waals surface area contributed by atoms with Gasteiger partial charge in [-0.25, -0.2) is 4.79 Å². The number of urea groups is 1. The summed E-state index contributed by atoms with van der Waals surface area (Å²) in [6, 6.07) is 17.0. The van der Waals surface area contributed by atoms with E-state index in [0.29, 0.717) is 6.54 Å². The van der Waals surface area contributed by atoms with Gasteiger partial charge in [0.2, 0.25) is 0 Å². The summed E-state index contributed by atoms with van der Waals surface area (Å²) in [5.41, 5.74) is 2.47. The van der Waals surface area contributed by atoms with Gasteiger partial charge in [0.05, 0.1) is 16.4 Å². The smallest absolute Gasteiger partial charge is 0.326 e. The van der Waals surface area contributed by atoms with Crippen molar-refractivity contribution in [2.75, 3.05) is 22.1 Å². The van der Waals surface area contributed by atoms with E-state index in [-0.39, 0.29) is 11.9 Å². The summed E-state index contributed by atoms with van der Waals surface area (Å²) < 4.78 is 0. The number of amides is 2. The molecule has 0 fully saturated rings. The fourth-order valence-corrected chi connectivity index (χ4v) is 2.62. The molecule has 1 atom stereocenters. The summed E-state index contributed by atoms with van der Waals surface area (Å²) >= 11 is 5.39. The summed E-state index contributed by atoms with van der Waals surface area (Å²) in [5, 5.41) is 6.16. The zero-order chi connectivity index (χ0) is 15.5. The number of para-hydroxylation sites is 3. The Hall–Kier alpha value is -2.40. The summed E-state index contributed by atoms with van der Waals surface area (Å²) in [4.78, 5) is 15.2. The molecule has 0 aliphatic carbocycles. The molecule has 3 rings (SSSR count). The maximum Gasteiger partial charge on any atom is 0.326 e. The normalized spacial score (nSPS) is 17.2. The third kappa shape index (κ3) is 2.94. The number of anilines is 3. The molecule has 0 aromatic heterocycles. The van der Waals surface area contributed by atoms with Crippen molar-refractivity contribution >= 4 is 40.3 Å². The highest BCUT2D eigenvalue weighted by atomic mass is 32.1. The minimum Gasteiger partial charge on any atom is -0.348 e. The van der Waals surface area contributed by atoms with Crippen molar-refractivity contribution in [2.45, 2.75) is 6.92 Å². The van der Waals surface area contributed by atoms with Crippen LogP contribution >= 0.6 is 12.2 Å². The number of carbonyl (C=O) groups excluding carboxylic acids is 1. The van der Waals surface area contributed by atoms with Gasteiger partial charge in [0, 0.05) is 18.2 Å². The van der Waals surface area contributed by atoms with Gasteiger partial charge < -0.3 is 10.6 Å². The predicted octanol–water partition coefficient (Wildman–Crippen LogP) is 4.11. The molecule has 2 amide bonds. The maximum absolute atomic E-state index is 12.7. The third-order valence-electron chi connectivity index (χ3n) is 3.63. The van der Waals surface area contributed by atoms with E-state index in [1.54, 1.807) is 4.90 Å². The topological polar surface area (TPSA) is 44.4 Å². The first kappa shape index (κ1) is 14.5. The summed E-state index contributed by atoms with van der Waals surface area (Å²) in [6.45, 7) is 2.56. The standard InChI is InChI=1S/C17H17N3OS/c1-12-11-20(17(21)18-13-7-3-2-4-8-13)15-10-6-5-9-14(15)19-16(12)22/h2-10,12H,11H2,1H3,(H,18,21)(H,19,22)/t12-/m1/s1. The molecule has 0 spiro atoms. The van der Waals surface area contributed by atoms with Crippen LogP contribution in [0.2, 0.25) is 0 Å². The number of hydrogen-bond acceptors (Lipinski definition) is 2. The van der Waals surface area contributed by atoms with Crippen LogP contribution < -0.4 is 15.5 Å². The number of rotatable bonds is 1. The van der Waals surface area contributed by atoms with Crippen molar-refractivity contribution < 1.29 is 4.79 Å². The minimum atomic E-state index is -0.156. The zero-order valence-corrected chi connectivity index (χ0v) is 13.1. The first-order valence-corrected chi connectivity index (χ1v) is 7.59. The summed E-state index contributed by atoms with van der Waals surface area (Å²) in [5.74, 6) is 0.0870. The van der Waals surface area contributed by atoms with Crippen LogP contribution in [0.5, 0.6) is 0 Å². The molecule has 0 bridgehead atoms. The largest absolute Gasteiger partial charge is 0.348 e. The second-order valence-corrected chi connectivity index (χ2v) is 5.75. The number of hydrogen-bond donors (Lipinski definition) is 2. The number of carbonyl (C=O) groups is 1. The number of thiocarbonyl (C=S) groups is 1. The van der Waals surface area contributed by atoms with Gasteiger partial charge >= 0.3 is 6.03 Å². The van der Waals surface area contributed by atoms with Gasteiger partial charge in [-0.1, -0.05) is 49.5 Å². The maximum atomic E-state index is 12.7. The van der Waals surface area contributed by atoms with Crippen LogP contribution in [0.3, 0.4) is 0 Å². The average molecular weight is 311 g/mol. The number of nitrogens with zero attached hydrogens (tertiary/aromatic N) is 1. The van der Waals surface area contributed by atoms with Crippen molar-refractivity contribution in [3.8, 4) is 0 Å². The van der Waals surface area contributed by atoms with Crippen LogP contribution in [0.4, 0.5) is 21.9 Å². The molecular weight excluding hydrogens is 294 g/mol. The van der Waals surface area contributed by atoms with Crippen LogP contribution in [-0.4, -0.2) is 17.6 Å². The Kier molecular flexibility index (Phi) is 4.06. The quantitative estimate of drug-likeness (QED) is 0.779. The molecule has 112 valence electrons. The molecule has 22 heavy (non-hydrogen) atoms. The second-order valence-electron chi connectivity index (χ2n) is 5.31. The van der Waals surface area contributed by atoms with Gasteiger partial charge in [-0.2, -0.15) is 0 Å². The average Bonchev–Trinajstić information content (AvgIpc) is 2.66. The molecule has 0 saturated carbocycles. The predicted molar refractivity (Wildman–Crippen MR) is 94.6 cm³/mol. The molecule has 1 aliphatic rings. The molecule has 4 nitrogen and oxygen atoms in total. The Balaban J connectivity index is 1.91. The fraction of sp³-hybridized carbons (Fsp3) is 0.176. The van der Waals surface area contributed by atoms with Crippen LogP contribution in [0, 0.1) is 5.92 Å². The first-order valence-electron chi connectivity index (χ1n) is 7.18. The highest BCUT2D eigenvalue weighted by Crippen LogP contribution is 2.30. The molecule has 2 aromatic rings. The van der Waals surface area contributed by atoms with Crippen molar-refractivity contribution in [1.82, 2.24) is 0 Å². The molecule has 2 aromatic carbocycles. The lowest BCUT2D eigenvalue weighted by Gasteiger charge is -2.24. The van der Waals surface area contributed by atoms with E-state index in [1.165, 1.54) is 0 Å². The van der Waals surface area contributed by atoms with Crippen molar-refractivity contribution in [3.63, 3.8) is 0 Å². The lowest BCUT2D eigenvalue weighted by atomic mass is 10.2. The minimum absolute atomic E-state index is 0.0870. The SMILES string of the molecule is C[C@@H]1CN(C(=O)Nc2ccccc2)c2ccccc2NC1=S. The Morgan fingerprint density at radius 2 is 1.86 bits per heavy atom. The molecule has 0 unspecified atom stereocenters. The van der Waals surface area contributed by atoms with E-state index in [0.717, 1.165) is 22.1 Å². The fourth-order valence-electron chi connectivity index (χ4n) is 2.43. The van der Waals surface area contributed by atoms with E-state index in [2.05, 4.69) is 10.6 Å². The van der Waals surface area contributed by atoms with Crippen molar-refractivity contribution in [1.29, 1.82) is 0 Å². The van der Waals surface area contributed by atoms with Gasteiger partial charge in [-0.3, -0.25) is 4.90 Å². The monoisotopic (exact) mass is 311 g/mol. The molecule has 5 heteroatoms. The Morgan fingerprint density at radius 3 is 2.64 bits per heavy atom. The van der Waals surface area contributed by atoms with E-state index < -0.39 is 0 Å². The molecular formula is C17H17N3OS. The Labute approximate surface area is 135 Å². The van der Waals surface area contributed by atoms with Gasteiger partial charge in [-0.05, 0) is 24.3 Å². The number of fused-ring (bicyclic) bond motifs is 1. The van der Waals surface area contributed by atoms with Crippen molar-refractivity contribution in [3.05, 3.63) is 54.6 Å². The highest BCUT2D eigenvalue weighted by Gasteiger charge is 2.26. The second kappa shape index (κ2) is 6.15. The van der Waals surface area contributed by atoms with Crippen LogP contribution in [0.25, 0.3) is 0 Å². The molecule has 2 N–H and O–H groups in total. The van der Waals surface area contributed by atoms with E-state index in [1.807, 2.05) is 61.5 Å². The van der Waals surface area contributed by atoms with Crippen LogP contribution in [0.1, 0.15) is 6.92 Å². The van der Waals surface area contributed by atoms with Crippen LogP contribution in [0.15, 0.2) is 54.6 Å². The highest BCUT2D eigenvalue weighted by molar-refractivity contribution is 7.80.